The Labute approximate surface area is 571 Å². The van der Waals surface area contributed by atoms with Gasteiger partial charge >= 0.3 is 5.97 Å². The maximum Gasteiger partial charge on any atom is 0.305 e. The van der Waals surface area contributed by atoms with Crippen molar-refractivity contribution in [2.45, 2.75) is 495 Å². The zero-order chi connectivity index (χ0) is 65.6. The molecule has 3 N–H and O–H groups in total. The predicted molar refractivity (Wildman–Crippen MR) is 403 cm³/mol. The van der Waals surface area contributed by atoms with Crippen LogP contribution < -0.4 is 5.32 Å². The number of amides is 1. The van der Waals surface area contributed by atoms with Gasteiger partial charge in [0.15, 0.2) is 0 Å². The van der Waals surface area contributed by atoms with Gasteiger partial charge in [-0.05, 0) is 57.8 Å². The van der Waals surface area contributed by atoms with E-state index in [1.807, 2.05) is 6.08 Å². The van der Waals surface area contributed by atoms with Crippen molar-refractivity contribution in [3.63, 3.8) is 0 Å². The summed E-state index contributed by atoms with van der Waals surface area (Å²) in [6.45, 7) is 4.96. The maximum atomic E-state index is 12.6. The van der Waals surface area contributed by atoms with Crippen molar-refractivity contribution in [3.8, 4) is 0 Å². The Morgan fingerprint density at radius 2 is 0.516 bits per heavy atom. The number of unbranched alkanes of at least 4 members (excludes halogenated alkanes) is 67. The second-order valence-electron chi connectivity index (χ2n) is 29.2. The van der Waals surface area contributed by atoms with E-state index in [-0.39, 0.29) is 18.5 Å². The van der Waals surface area contributed by atoms with Crippen LogP contribution in [0.1, 0.15) is 483 Å². The van der Waals surface area contributed by atoms with Crippen LogP contribution in [0.5, 0.6) is 0 Å². The molecule has 0 aromatic carbocycles. The van der Waals surface area contributed by atoms with Gasteiger partial charge in [-0.3, -0.25) is 9.59 Å². The Bertz CT molecular complexity index is 1430. The molecular weight excluding hydrogens is 1110 g/mol. The Kier molecular flexibility index (Phi) is 79.3. The molecule has 0 spiro atoms. The lowest BCUT2D eigenvalue weighted by Gasteiger charge is -2.20. The van der Waals surface area contributed by atoms with Crippen LogP contribution in [-0.4, -0.2) is 47.4 Å². The largest absolute Gasteiger partial charge is 0.466 e. The first kappa shape index (κ1) is 89.3. The highest BCUT2D eigenvalue weighted by Crippen LogP contribution is 2.21. The molecule has 0 aliphatic heterocycles. The molecule has 0 saturated heterocycles. The minimum Gasteiger partial charge on any atom is -0.466 e. The number of ether oxygens (including phenoxy) is 1. The lowest BCUT2D eigenvalue weighted by molar-refractivity contribution is -0.143. The molecular formula is C85H165NO5. The van der Waals surface area contributed by atoms with Gasteiger partial charge in [0.2, 0.25) is 5.91 Å². The van der Waals surface area contributed by atoms with Gasteiger partial charge in [-0.15, -0.1) is 0 Å². The van der Waals surface area contributed by atoms with Gasteiger partial charge in [-0.2, -0.15) is 0 Å². The average molecular weight is 1280 g/mol. The molecule has 6 nitrogen and oxygen atoms in total. The van der Waals surface area contributed by atoms with Crippen LogP contribution in [0.4, 0.5) is 0 Å². The van der Waals surface area contributed by atoms with Gasteiger partial charge in [-0.25, -0.2) is 0 Å². The van der Waals surface area contributed by atoms with E-state index in [0.717, 1.165) is 44.9 Å². The van der Waals surface area contributed by atoms with Gasteiger partial charge in [0, 0.05) is 12.8 Å². The molecule has 0 saturated carbocycles. The van der Waals surface area contributed by atoms with Crippen molar-refractivity contribution < 1.29 is 24.5 Å². The number of nitrogens with one attached hydrogen (secondary N) is 1. The molecule has 0 aliphatic rings. The quantitative estimate of drug-likeness (QED) is 0.0320. The number of carbonyl (C=O) groups is 2. The summed E-state index contributed by atoms with van der Waals surface area (Å²) in [6.07, 6.45) is 105. The van der Waals surface area contributed by atoms with Crippen LogP contribution >= 0.6 is 0 Å². The van der Waals surface area contributed by atoms with Crippen LogP contribution in [0, 0.1) is 0 Å². The van der Waals surface area contributed by atoms with Crippen molar-refractivity contribution >= 4 is 11.9 Å². The summed E-state index contributed by atoms with van der Waals surface area (Å²) < 4.78 is 5.51. The summed E-state index contributed by atoms with van der Waals surface area (Å²) in [5.74, 6) is -0.0421. The van der Waals surface area contributed by atoms with E-state index < -0.39 is 12.1 Å². The summed E-state index contributed by atoms with van der Waals surface area (Å²) in [4.78, 5) is 24.7. The van der Waals surface area contributed by atoms with E-state index in [4.69, 9.17) is 4.74 Å². The second-order valence-corrected chi connectivity index (χ2v) is 29.2. The number of allylic oxidation sites excluding steroid dienone is 3. The number of hydrogen-bond acceptors (Lipinski definition) is 5. The van der Waals surface area contributed by atoms with Gasteiger partial charge < -0.3 is 20.3 Å². The first-order chi connectivity index (χ1) is 45.0. The molecule has 0 radical (unpaired) electrons. The first-order valence-electron chi connectivity index (χ1n) is 42.1. The molecule has 0 rings (SSSR count). The fraction of sp³-hybridized carbons (Fsp3) is 0.929. The van der Waals surface area contributed by atoms with E-state index >= 15 is 0 Å². The van der Waals surface area contributed by atoms with E-state index in [1.54, 1.807) is 6.08 Å². The topological polar surface area (TPSA) is 95.9 Å². The predicted octanol–water partition coefficient (Wildman–Crippen LogP) is 28.0. The zero-order valence-corrected chi connectivity index (χ0v) is 62.1. The number of rotatable bonds is 80. The van der Waals surface area contributed by atoms with Gasteiger partial charge in [0.1, 0.15) is 0 Å². The maximum absolute atomic E-state index is 12.6. The Morgan fingerprint density at radius 1 is 0.297 bits per heavy atom. The molecule has 0 heterocycles. The van der Waals surface area contributed by atoms with Crippen molar-refractivity contribution in [1.29, 1.82) is 0 Å². The molecule has 0 aliphatic carbocycles. The number of aliphatic hydroxyl groups excluding tert-OH is 2. The third-order valence-corrected chi connectivity index (χ3v) is 20.0. The van der Waals surface area contributed by atoms with E-state index in [1.165, 1.54) is 411 Å². The van der Waals surface area contributed by atoms with Crippen LogP contribution in [0.25, 0.3) is 0 Å². The standard InChI is InChI=1S/C85H165NO5/c1-3-5-7-9-11-13-15-17-19-21-22-23-24-34-37-40-43-46-49-53-57-61-65-69-73-77-83(88)82(81-87)86-84(89)78-74-70-66-62-58-54-50-47-44-41-38-35-32-30-28-26-25-27-29-31-33-36-39-42-45-48-52-56-60-64-68-72-76-80-91-85(90)79-75-71-67-63-59-55-51-20-18-16-14-12-10-8-6-4-2/h20,51,73,77,82-83,87-88H,3-19,21-50,52-72,74-76,78-81H2,1-2H3,(H,86,89)/b51-20-,77-73+. The third-order valence-electron chi connectivity index (χ3n) is 20.0. The van der Waals surface area contributed by atoms with Crippen molar-refractivity contribution in [2.24, 2.45) is 0 Å². The van der Waals surface area contributed by atoms with Crippen molar-refractivity contribution in [1.82, 2.24) is 5.32 Å². The van der Waals surface area contributed by atoms with Crippen LogP contribution in [-0.2, 0) is 14.3 Å². The number of aliphatic hydroxyl groups is 2. The SMILES string of the molecule is CCCCCCCCC/C=C\CCCCCCCC(=O)OCCCCCCCCCCCCCCCCCCCCCCCCCCCCCCCCCCCC(=O)NC(CO)C(O)/C=C/CCCCCCCCCCCCCCCCCCCCCCCCC. The first-order valence-corrected chi connectivity index (χ1v) is 42.1. The molecule has 540 valence electrons. The second kappa shape index (κ2) is 80.8. The van der Waals surface area contributed by atoms with Gasteiger partial charge in [0.05, 0.1) is 25.4 Å². The fourth-order valence-electron chi connectivity index (χ4n) is 13.6. The summed E-state index contributed by atoms with van der Waals surface area (Å²) in [6, 6.07) is -0.626. The minimum absolute atomic E-state index is 0.0152. The highest BCUT2D eigenvalue weighted by atomic mass is 16.5. The Balaban J connectivity index is 3.34. The summed E-state index contributed by atoms with van der Waals surface area (Å²) in [5.41, 5.74) is 0. The highest BCUT2D eigenvalue weighted by Gasteiger charge is 2.18. The summed E-state index contributed by atoms with van der Waals surface area (Å²) in [7, 11) is 0. The molecule has 6 heteroatoms. The molecule has 1 amide bonds. The molecule has 2 unspecified atom stereocenters. The smallest absolute Gasteiger partial charge is 0.305 e. The van der Waals surface area contributed by atoms with Gasteiger partial charge in [0.25, 0.3) is 0 Å². The normalized spacial score (nSPS) is 12.5. The number of carbonyl (C=O) groups excluding carboxylic acids is 2. The summed E-state index contributed by atoms with van der Waals surface area (Å²) >= 11 is 0. The molecule has 2 atom stereocenters. The fourth-order valence-corrected chi connectivity index (χ4v) is 13.6. The van der Waals surface area contributed by atoms with E-state index in [9.17, 15) is 19.8 Å². The molecule has 0 bridgehead atoms. The minimum atomic E-state index is -0.843. The monoisotopic (exact) mass is 1280 g/mol. The molecule has 0 fully saturated rings. The van der Waals surface area contributed by atoms with E-state index in [0.29, 0.717) is 19.4 Å². The number of esters is 1. The third kappa shape index (κ3) is 77.2. The van der Waals surface area contributed by atoms with Crippen molar-refractivity contribution in [3.05, 3.63) is 24.3 Å². The molecule has 91 heavy (non-hydrogen) atoms. The lowest BCUT2D eigenvalue weighted by atomic mass is 10.0. The molecule has 0 aromatic rings. The lowest BCUT2D eigenvalue weighted by Crippen LogP contribution is -2.45. The average Bonchev–Trinajstić information content (AvgIpc) is 3.58. The van der Waals surface area contributed by atoms with E-state index in [2.05, 4.69) is 31.3 Å². The Hall–Kier alpha value is -1.66. The van der Waals surface area contributed by atoms with Crippen LogP contribution in [0.2, 0.25) is 0 Å². The van der Waals surface area contributed by atoms with Crippen molar-refractivity contribution in [2.75, 3.05) is 13.2 Å². The number of hydrogen-bond donors (Lipinski definition) is 3. The Morgan fingerprint density at radius 3 is 0.780 bits per heavy atom. The zero-order valence-electron chi connectivity index (χ0n) is 62.1. The summed E-state index contributed by atoms with van der Waals surface area (Å²) in [5, 5.41) is 23.3. The highest BCUT2D eigenvalue weighted by molar-refractivity contribution is 5.76. The van der Waals surface area contributed by atoms with Crippen LogP contribution in [0.15, 0.2) is 24.3 Å². The van der Waals surface area contributed by atoms with Gasteiger partial charge in [-0.1, -0.05) is 436 Å². The van der Waals surface area contributed by atoms with Crippen LogP contribution in [0.3, 0.4) is 0 Å². The molecule has 0 aromatic heterocycles.